The zero-order chi connectivity index (χ0) is 32.6. The maximum Gasteiger partial charge on any atom is 0.160 e. The molecule has 9 aromatic rings. The third-order valence-electron chi connectivity index (χ3n) is 9.16. The molecule has 3 heteroatoms. The highest BCUT2D eigenvalue weighted by atomic mass is 32.1. The Labute approximate surface area is 289 Å². The minimum absolute atomic E-state index is 0.716. The summed E-state index contributed by atoms with van der Waals surface area (Å²) >= 11 is 1.86. The van der Waals surface area contributed by atoms with Crippen LogP contribution in [-0.4, -0.2) is 9.97 Å². The molecule has 0 aliphatic carbocycles. The van der Waals surface area contributed by atoms with Crippen molar-refractivity contribution in [3.63, 3.8) is 0 Å². The molecule has 0 saturated carbocycles. The molecule has 0 spiro atoms. The van der Waals surface area contributed by atoms with Gasteiger partial charge in [0.05, 0.1) is 11.4 Å². The number of nitrogens with zero attached hydrogens (tertiary/aromatic N) is 2. The Bertz CT molecular complexity index is 2550. The summed E-state index contributed by atoms with van der Waals surface area (Å²) in [5.74, 6) is 0.716. The van der Waals surface area contributed by atoms with Crippen molar-refractivity contribution >= 4 is 31.5 Å². The van der Waals surface area contributed by atoms with Gasteiger partial charge in [-0.1, -0.05) is 164 Å². The summed E-state index contributed by atoms with van der Waals surface area (Å²) < 4.78 is 2.66. The van der Waals surface area contributed by atoms with Crippen molar-refractivity contribution in [2.75, 3.05) is 0 Å². The van der Waals surface area contributed by atoms with Crippen LogP contribution in [0.4, 0.5) is 0 Å². The van der Waals surface area contributed by atoms with Crippen molar-refractivity contribution in [1.29, 1.82) is 0 Å². The van der Waals surface area contributed by atoms with E-state index in [1.54, 1.807) is 0 Å². The molecule has 49 heavy (non-hydrogen) atoms. The molecular formula is C46H30N2S. The number of aromatic nitrogens is 2. The van der Waals surface area contributed by atoms with Gasteiger partial charge in [0.15, 0.2) is 5.82 Å². The zero-order valence-corrected chi connectivity index (χ0v) is 27.4. The Kier molecular flexibility index (Phi) is 7.38. The Morgan fingerprint density at radius 1 is 0.286 bits per heavy atom. The van der Waals surface area contributed by atoms with Crippen LogP contribution in [0, 0.1) is 0 Å². The first-order valence-corrected chi connectivity index (χ1v) is 17.3. The molecule has 0 atom stereocenters. The molecule has 0 aliphatic rings. The van der Waals surface area contributed by atoms with Crippen LogP contribution in [0.5, 0.6) is 0 Å². The lowest BCUT2D eigenvalue weighted by Gasteiger charge is -2.11. The maximum absolute atomic E-state index is 5.04. The van der Waals surface area contributed by atoms with Crippen molar-refractivity contribution in [2.24, 2.45) is 0 Å². The van der Waals surface area contributed by atoms with Gasteiger partial charge in [0.25, 0.3) is 0 Å². The lowest BCUT2D eigenvalue weighted by Crippen LogP contribution is -1.96. The molecule has 2 heterocycles. The van der Waals surface area contributed by atoms with E-state index in [0.29, 0.717) is 5.82 Å². The fraction of sp³-hybridized carbons (Fsp3) is 0. The molecule has 0 amide bonds. The molecule has 0 saturated heterocycles. The SMILES string of the molecule is c1ccc(-c2ccc(-c3cc(-c4ccc(-c5ccc(-c6ccc7c(c6)sc6ccccc67)cc5)cc4)nc(-c4ccccc4)n3)cc2)cc1. The van der Waals surface area contributed by atoms with E-state index in [1.807, 2.05) is 35.6 Å². The van der Waals surface area contributed by atoms with Crippen molar-refractivity contribution in [1.82, 2.24) is 9.97 Å². The molecule has 230 valence electrons. The van der Waals surface area contributed by atoms with Crippen molar-refractivity contribution in [3.05, 3.63) is 182 Å². The number of thiophene rings is 1. The van der Waals surface area contributed by atoms with Crippen LogP contribution < -0.4 is 0 Å². The third kappa shape index (κ3) is 5.71. The first kappa shape index (κ1) is 29.0. The Morgan fingerprint density at radius 3 is 1.27 bits per heavy atom. The van der Waals surface area contributed by atoms with Crippen LogP contribution >= 0.6 is 11.3 Å². The van der Waals surface area contributed by atoms with E-state index in [0.717, 1.165) is 28.1 Å². The standard InChI is InChI=1S/C46H30N2S/c1-3-9-31(10-4-1)32-19-23-36(24-20-32)42-30-43(48-46(47-42)38-11-5-2-6-12-38)37-25-21-34(22-26-37)33-15-17-35(18-16-33)39-27-28-41-40-13-7-8-14-44(40)49-45(41)29-39/h1-30H. The van der Waals surface area contributed by atoms with Gasteiger partial charge in [0.2, 0.25) is 0 Å². The predicted molar refractivity (Wildman–Crippen MR) is 208 cm³/mol. The largest absolute Gasteiger partial charge is 0.228 e. The van der Waals surface area contributed by atoms with E-state index in [2.05, 4.69) is 158 Å². The summed E-state index contributed by atoms with van der Waals surface area (Å²) in [7, 11) is 0. The number of hydrogen-bond acceptors (Lipinski definition) is 3. The molecule has 2 aromatic heterocycles. The number of hydrogen-bond donors (Lipinski definition) is 0. The van der Waals surface area contributed by atoms with Crippen LogP contribution in [0.2, 0.25) is 0 Å². The van der Waals surface area contributed by atoms with Gasteiger partial charge < -0.3 is 0 Å². The molecule has 9 rings (SSSR count). The quantitative estimate of drug-likeness (QED) is 0.180. The van der Waals surface area contributed by atoms with Crippen LogP contribution in [0.15, 0.2) is 182 Å². The van der Waals surface area contributed by atoms with Gasteiger partial charge in [-0.25, -0.2) is 9.97 Å². The zero-order valence-electron chi connectivity index (χ0n) is 26.6. The summed E-state index contributed by atoms with van der Waals surface area (Å²) in [4.78, 5) is 10.1. The average molecular weight is 643 g/mol. The van der Waals surface area contributed by atoms with Gasteiger partial charge in [0, 0.05) is 36.9 Å². The molecule has 0 N–H and O–H groups in total. The van der Waals surface area contributed by atoms with Gasteiger partial charge in [-0.05, 0) is 51.6 Å². The van der Waals surface area contributed by atoms with Gasteiger partial charge >= 0.3 is 0 Å². The smallest absolute Gasteiger partial charge is 0.160 e. The second-order valence-corrected chi connectivity index (χ2v) is 13.3. The van der Waals surface area contributed by atoms with E-state index in [-0.39, 0.29) is 0 Å². The number of fused-ring (bicyclic) bond motifs is 3. The molecule has 2 nitrogen and oxygen atoms in total. The van der Waals surface area contributed by atoms with Gasteiger partial charge in [-0.2, -0.15) is 0 Å². The number of rotatable bonds is 6. The molecule has 0 unspecified atom stereocenters. The first-order chi connectivity index (χ1) is 24.2. The second-order valence-electron chi connectivity index (χ2n) is 12.2. The normalized spacial score (nSPS) is 11.3. The first-order valence-electron chi connectivity index (χ1n) is 16.5. The monoisotopic (exact) mass is 642 g/mol. The lowest BCUT2D eigenvalue weighted by atomic mass is 9.98. The van der Waals surface area contributed by atoms with Crippen LogP contribution in [0.3, 0.4) is 0 Å². The third-order valence-corrected chi connectivity index (χ3v) is 10.3. The summed E-state index contributed by atoms with van der Waals surface area (Å²) in [5.41, 5.74) is 12.1. The minimum Gasteiger partial charge on any atom is -0.228 e. The average Bonchev–Trinajstić information content (AvgIpc) is 3.57. The second kappa shape index (κ2) is 12.5. The lowest BCUT2D eigenvalue weighted by molar-refractivity contribution is 1.18. The highest BCUT2D eigenvalue weighted by molar-refractivity contribution is 7.25. The Hall–Kier alpha value is -6.16. The fourth-order valence-electron chi connectivity index (χ4n) is 6.52. The van der Waals surface area contributed by atoms with Gasteiger partial charge in [0.1, 0.15) is 0 Å². The minimum atomic E-state index is 0.716. The molecule has 0 fully saturated rings. The van der Waals surface area contributed by atoms with E-state index in [1.165, 1.54) is 53.6 Å². The van der Waals surface area contributed by atoms with E-state index < -0.39 is 0 Å². The van der Waals surface area contributed by atoms with Crippen LogP contribution in [-0.2, 0) is 0 Å². The molecule has 7 aromatic carbocycles. The summed E-state index contributed by atoms with van der Waals surface area (Å²) in [6, 6.07) is 64.4. The molecular weight excluding hydrogens is 613 g/mol. The van der Waals surface area contributed by atoms with Gasteiger partial charge in [-0.15, -0.1) is 11.3 Å². The highest BCUT2D eigenvalue weighted by Gasteiger charge is 2.12. The molecule has 0 bridgehead atoms. The van der Waals surface area contributed by atoms with Crippen LogP contribution in [0.25, 0.3) is 87.5 Å². The Morgan fingerprint density at radius 2 is 0.694 bits per heavy atom. The van der Waals surface area contributed by atoms with E-state index >= 15 is 0 Å². The summed E-state index contributed by atoms with van der Waals surface area (Å²) in [5, 5.41) is 2.66. The molecule has 0 radical (unpaired) electrons. The highest BCUT2D eigenvalue weighted by Crippen LogP contribution is 2.37. The van der Waals surface area contributed by atoms with Crippen LogP contribution in [0.1, 0.15) is 0 Å². The molecule has 0 aliphatic heterocycles. The van der Waals surface area contributed by atoms with Gasteiger partial charge in [-0.3, -0.25) is 0 Å². The van der Waals surface area contributed by atoms with E-state index in [4.69, 9.17) is 9.97 Å². The van der Waals surface area contributed by atoms with Crippen molar-refractivity contribution in [2.45, 2.75) is 0 Å². The topological polar surface area (TPSA) is 25.8 Å². The Balaban J connectivity index is 1.01. The summed E-state index contributed by atoms with van der Waals surface area (Å²) in [6.07, 6.45) is 0. The predicted octanol–water partition coefficient (Wildman–Crippen LogP) is 12.8. The number of benzene rings is 7. The fourth-order valence-corrected chi connectivity index (χ4v) is 7.66. The summed E-state index contributed by atoms with van der Waals surface area (Å²) in [6.45, 7) is 0. The van der Waals surface area contributed by atoms with E-state index in [9.17, 15) is 0 Å². The van der Waals surface area contributed by atoms with Crippen molar-refractivity contribution < 1.29 is 0 Å². The van der Waals surface area contributed by atoms with Crippen molar-refractivity contribution in [3.8, 4) is 67.3 Å². The maximum atomic E-state index is 5.04.